The number of piperidine rings is 1. The van der Waals surface area contributed by atoms with Crippen LogP contribution in [0.4, 0.5) is 0 Å². The maximum Gasteiger partial charge on any atom is 0.186 e. The highest BCUT2D eigenvalue weighted by atomic mass is 16.7. The van der Waals surface area contributed by atoms with Crippen LogP contribution in [0.25, 0.3) is 0 Å². The van der Waals surface area contributed by atoms with Gasteiger partial charge >= 0.3 is 0 Å². The molecule has 0 aromatic carbocycles. The normalized spacial score (nSPS) is 60.3. The number of aliphatic hydroxyl groups excluding tert-OH is 4. The summed E-state index contributed by atoms with van der Waals surface area (Å²) in [6.45, 7) is 10.7. The Hall–Kier alpha value is -0.320. The fraction of sp³-hybridized carbons (Fsp3) is 1.00. The number of rotatable bonds is 3. The first-order valence-corrected chi connectivity index (χ1v) is 16.9. The molecule has 4 aliphatic carbocycles. The van der Waals surface area contributed by atoms with Gasteiger partial charge < -0.3 is 34.6 Å². The van der Waals surface area contributed by atoms with Crippen molar-refractivity contribution >= 4 is 0 Å². The van der Waals surface area contributed by atoms with Crippen molar-refractivity contribution in [1.82, 2.24) is 5.32 Å². The molecule has 0 aromatic heterocycles. The van der Waals surface area contributed by atoms with Gasteiger partial charge in [-0.1, -0.05) is 27.7 Å². The number of fused-ring (bicyclic) bond motifs is 7. The summed E-state index contributed by atoms with van der Waals surface area (Å²) in [7, 11) is 0. The van der Waals surface area contributed by atoms with Gasteiger partial charge in [-0.3, -0.25) is 5.32 Å². The Morgan fingerprint density at radius 3 is 2.37 bits per heavy atom. The van der Waals surface area contributed by atoms with Gasteiger partial charge in [0.1, 0.15) is 30.1 Å². The predicted octanol–water partition coefficient (Wildman–Crippen LogP) is 3.19. The Balaban J connectivity index is 1.03. The van der Waals surface area contributed by atoms with E-state index in [1.54, 1.807) is 0 Å². The Morgan fingerprint density at radius 1 is 0.854 bits per heavy atom. The molecule has 4 saturated carbocycles. The van der Waals surface area contributed by atoms with E-state index in [-0.39, 0.29) is 11.8 Å². The highest BCUT2D eigenvalue weighted by molar-refractivity contribution is 5.16. The summed E-state index contributed by atoms with van der Waals surface area (Å²) in [4.78, 5) is 0. The van der Waals surface area contributed by atoms with Gasteiger partial charge in [-0.15, -0.1) is 0 Å². The van der Waals surface area contributed by atoms with Crippen molar-refractivity contribution in [2.75, 3.05) is 13.2 Å². The van der Waals surface area contributed by atoms with Crippen LogP contribution in [0.5, 0.6) is 0 Å². The fourth-order valence-corrected chi connectivity index (χ4v) is 11.9. The molecule has 7 rings (SSSR count). The van der Waals surface area contributed by atoms with Crippen LogP contribution in [0.1, 0.15) is 91.9 Å². The first kappa shape index (κ1) is 29.4. The number of nitrogens with one attached hydrogen (secondary N) is 1. The molecule has 234 valence electrons. The molecule has 3 saturated heterocycles. The van der Waals surface area contributed by atoms with Crippen molar-refractivity contribution in [2.45, 2.75) is 141 Å². The fourth-order valence-electron chi connectivity index (χ4n) is 11.9. The number of hydrogen-bond donors (Lipinski definition) is 5. The minimum Gasteiger partial charge on any atom is -0.394 e. The second-order valence-electron chi connectivity index (χ2n) is 16.1. The lowest BCUT2D eigenvalue weighted by Gasteiger charge is -2.61. The molecule has 3 aliphatic heterocycles. The van der Waals surface area contributed by atoms with Gasteiger partial charge in [-0.25, -0.2) is 0 Å². The smallest absolute Gasteiger partial charge is 0.186 e. The molecule has 8 nitrogen and oxygen atoms in total. The second-order valence-corrected chi connectivity index (χ2v) is 16.1. The lowest BCUT2D eigenvalue weighted by atomic mass is 9.44. The first-order valence-electron chi connectivity index (χ1n) is 16.9. The molecular formula is C33H55NO7. The van der Waals surface area contributed by atoms with Crippen molar-refractivity contribution in [1.29, 1.82) is 0 Å². The molecule has 8 heteroatoms. The van der Waals surface area contributed by atoms with Crippen LogP contribution in [0.15, 0.2) is 0 Å². The zero-order valence-electron chi connectivity index (χ0n) is 25.6. The highest BCUT2D eigenvalue weighted by Gasteiger charge is 2.68. The monoisotopic (exact) mass is 577 g/mol. The Morgan fingerprint density at radius 2 is 1.63 bits per heavy atom. The van der Waals surface area contributed by atoms with Gasteiger partial charge in [0.25, 0.3) is 0 Å². The van der Waals surface area contributed by atoms with E-state index in [1.165, 1.54) is 38.5 Å². The molecule has 41 heavy (non-hydrogen) atoms. The van der Waals surface area contributed by atoms with Gasteiger partial charge in [0.05, 0.1) is 18.8 Å². The van der Waals surface area contributed by atoms with Crippen LogP contribution in [0.2, 0.25) is 0 Å². The van der Waals surface area contributed by atoms with Crippen molar-refractivity contribution < 1.29 is 34.6 Å². The maximum atomic E-state index is 10.5. The van der Waals surface area contributed by atoms with Crippen LogP contribution in [0.3, 0.4) is 0 Å². The Kier molecular flexibility index (Phi) is 7.43. The van der Waals surface area contributed by atoms with E-state index in [9.17, 15) is 20.4 Å². The quantitative estimate of drug-likeness (QED) is 0.325. The summed E-state index contributed by atoms with van der Waals surface area (Å²) in [5.41, 5.74) is 0.563. The zero-order valence-corrected chi connectivity index (χ0v) is 25.6. The highest BCUT2D eigenvalue weighted by Crippen LogP contribution is 2.71. The van der Waals surface area contributed by atoms with Crippen molar-refractivity contribution in [3.05, 3.63) is 0 Å². The average molecular weight is 578 g/mol. The summed E-state index contributed by atoms with van der Waals surface area (Å²) < 4.78 is 19.0. The van der Waals surface area contributed by atoms with Gasteiger partial charge in [0.15, 0.2) is 6.29 Å². The van der Waals surface area contributed by atoms with Gasteiger partial charge in [-0.2, -0.15) is 0 Å². The van der Waals surface area contributed by atoms with Crippen LogP contribution < -0.4 is 5.32 Å². The van der Waals surface area contributed by atoms with Crippen LogP contribution in [0, 0.1) is 52.3 Å². The van der Waals surface area contributed by atoms with Crippen molar-refractivity contribution in [2.24, 2.45) is 52.3 Å². The summed E-state index contributed by atoms with van der Waals surface area (Å²) in [6.07, 6.45) is 6.05. The van der Waals surface area contributed by atoms with Gasteiger partial charge in [0.2, 0.25) is 0 Å². The molecular weight excluding hydrogens is 522 g/mol. The largest absolute Gasteiger partial charge is 0.394 e. The third kappa shape index (κ3) is 4.36. The topological polar surface area (TPSA) is 121 Å². The van der Waals surface area contributed by atoms with E-state index in [1.807, 2.05) is 0 Å². The summed E-state index contributed by atoms with van der Waals surface area (Å²) >= 11 is 0. The maximum absolute atomic E-state index is 10.5. The molecule has 7 fully saturated rings. The minimum atomic E-state index is -1.39. The van der Waals surface area contributed by atoms with E-state index in [0.29, 0.717) is 34.7 Å². The van der Waals surface area contributed by atoms with Gasteiger partial charge in [-0.05, 0) is 111 Å². The molecule has 5 N–H and O–H groups in total. The van der Waals surface area contributed by atoms with Crippen molar-refractivity contribution in [3.63, 3.8) is 0 Å². The molecule has 0 aromatic rings. The SMILES string of the molecule is CC1CCC2(NC1)OC1CC3C4CCC5CC(OC6OC(CO)C(O)C(O)C6O)CCC5(C)C4CCC3(C)C1C2C. The average Bonchev–Trinajstić information content (AvgIpc) is 3.40. The molecule has 0 amide bonds. The molecule has 17 atom stereocenters. The molecule has 0 bridgehead atoms. The third-order valence-electron chi connectivity index (χ3n) is 14.3. The first-order chi connectivity index (χ1) is 19.5. The second kappa shape index (κ2) is 10.4. The number of ether oxygens (including phenoxy) is 3. The van der Waals surface area contributed by atoms with Crippen molar-refractivity contribution in [3.8, 4) is 0 Å². The summed E-state index contributed by atoms with van der Waals surface area (Å²) in [5, 5.41) is 44.3. The van der Waals surface area contributed by atoms with Crippen LogP contribution >= 0.6 is 0 Å². The van der Waals surface area contributed by atoms with Crippen LogP contribution in [-0.2, 0) is 14.2 Å². The summed E-state index contributed by atoms with van der Waals surface area (Å²) in [5.74, 6) is 4.79. The number of hydrogen-bond acceptors (Lipinski definition) is 8. The molecule has 0 radical (unpaired) electrons. The zero-order chi connectivity index (χ0) is 28.9. The molecule has 3 heterocycles. The lowest BCUT2D eigenvalue weighted by molar-refractivity contribution is -0.316. The lowest BCUT2D eigenvalue weighted by Crippen LogP contribution is -2.60. The Labute approximate surface area is 245 Å². The minimum absolute atomic E-state index is 0.0538. The van der Waals surface area contributed by atoms with E-state index in [0.717, 1.165) is 55.9 Å². The molecule has 17 unspecified atom stereocenters. The third-order valence-corrected chi connectivity index (χ3v) is 14.3. The molecule has 1 spiro atoms. The van der Waals surface area contributed by atoms with E-state index in [4.69, 9.17) is 14.2 Å². The van der Waals surface area contributed by atoms with Gasteiger partial charge in [0, 0.05) is 12.5 Å². The number of aliphatic hydroxyl groups is 4. The van der Waals surface area contributed by atoms with Crippen LogP contribution in [-0.4, -0.2) is 82.2 Å². The Bertz CT molecular complexity index is 971. The van der Waals surface area contributed by atoms with E-state index in [2.05, 4.69) is 33.0 Å². The standard InChI is InChI=1S/C33H55NO7/c1-17-7-12-33(34-15-17)18(2)26-24(41-33)14-23-21-6-5-19-13-20(8-10-31(19,3)22(21)9-11-32(23,26)4)39-30-29(38)28(37)27(36)25(16-35)40-30/h17-30,34-38H,5-16H2,1-4H3. The summed E-state index contributed by atoms with van der Waals surface area (Å²) in [6, 6.07) is 0. The van der Waals surface area contributed by atoms with E-state index >= 15 is 0 Å². The van der Waals surface area contributed by atoms with E-state index < -0.39 is 37.3 Å². The predicted molar refractivity (Wildman–Crippen MR) is 152 cm³/mol. The molecule has 7 aliphatic rings.